The van der Waals surface area contributed by atoms with E-state index in [0.717, 1.165) is 24.6 Å². The predicted molar refractivity (Wildman–Crippen MR) is 82.7 cm³/mol. The number of halogens is 1. The van der Waals surface area contributed by atoms with Crippen LogP contribution in [-0.2, 0) is 11.3 Å². The second-order valence-electron chi connectivity index (χ2n) is 5.70. The fourth-order valence-corrected chi connectivity index (χ4v) is 2.76. The molecule has 1 aromatic rings. The van der Waals surface area contributed by atoms with Gasteiger partial charge in [0.05, 0.1) is 6.04 Å². The molecule has 0 spiro atoms. The van der Waals surface area contributed by atoms with Crippen LogP contribution in [0.3, 0.4) is 0 Å². The standard InChI is InChI=1S/C16H23ClN2O/c1-12-7-9-19(10-8-12)13(2)16(20)18-11-14-5-3-4-6-15(14)17/h3-6,12-13H,7-11H2,1-2H3,(H,18,20). The number of likely N-dealkylation sites (tertiary alicyclic amines) is 1. The van der Waals surface area contributed by atoms with E-state index in [1.54, 1.807) is 0 Å². The second-order valence-corrected chi connectivity index (χ2v) is 6.11. The third kappa shape index (κ3) is 3.97. The van der Waals surface area contributed by atoms with Crippen molar-refractivity contribution < 1.29 is 4.79 Å². The molecule has 20 heavy (non-hydrogen) atoms. The van der Waals surface area contributed by atoms with Crippen LogP contribution in [0, 0.1) is 5.92 Å². The summed E-state index contributed by atoms with van der Waals surface area (Å²) in [5, 5.41) is 3.68. The molecule has 1 aliphatic rings. The van der Waals surface area contributed by atoms with Crippen molar-refractivity contribution >= 4 is 17.5 Å². The van der Waals surface area contributed by atoms with Crippen LogP contribution in [0.25, 0.3) is 0 Å². The van der Waals surface area contributed by atoms with Gasteiger partial charge in [0.15, 0.2) is 0 Å². The molecule has 1 amide bonds. The minimum absolute atomic E-state index is 0.0648. The molecule has 0 bridgehead atoms. The van der Waals surface area contributed by atoms with Gasteiger partial charge >= 0.3 is 0 Å². The van der Waals surface area contributed by atoms with E-state index in [0.29, 0.717) is 11.6 Å². The van der Waals surface area contributed by atoms with Gasteiger partial charge in [-0.05, 0) is 50.4 Å². The smallest absolute Gasteiger partial charge is 0.237 e. The molecule has 1 N–H and O–H groups in total. The van der Waals surface area contributed by atoms with Crippen molar-refractivity contribution in [3.05, 3.63) is 34.9 Å². The lowest BCUT2D eigenvalue weighted by Gasteiger charge is -2.34. The first-order valence-corrected chi connectivity index (χ1v) is 7.71. The van der Waals surface area contributed by atoms with Gasteiger partial charge in [-0.25, -0.2) is 0 Å². The Morgan fingerprint density at radius 2 is 2.05 bits per heavy atom. The van der Waals surface area contributed by atoms with Gasteiger partial charge in [-0.3, -0.25) is 9.69 Å². The Morgan fingerprint density at radius 3 is 2.70 bits per heavy atom. The average Bonchev–Trinajstić information content (AvgIpc) is 2.46. The number of piperidine rings is 1. The number of carbonyl (C=O) groups is 1. The molecule has 1 aliphatic heterocycles. The van der Waals surface area contributed by atoms with E-state index < -0.39 is 0 Å². The van der Waals surface area contributed by atoms with Crippen molar-refractivity contribution in [2.45, 2.75) is 39.3 Å². The summed E-state index contributed by atoms with van der Waals surface area (Å²) < 4.78 is 0. The molecule has 0 saturated carbocycles. The number of nitrogens with zero attached hydrogens (tertiary/aromatic N) is 1. The van der Waals surface area contributed by atoms with Gasteiger partial charge < -0.3 is 5.32 Å². The van der Waals surface area contributed by atoms with Crippen LogP contribution in [-0.4, -0.2) is 29.9 Å². The van der Waals surface area contributed by atoms with Crippen LogP contribution in [0.15, 0.2) is 24.3 Å². The normalized spacial score (nSPS) is 18.8. The first-order valence-electron chi connectivity index (χ1n) is 7.33. The quantitative estimate of drug-likeness (QED) is 0.925. The summed E-state index contributed by atoms with van der Waals surface area (Å²) in [5.41, 5.74) is 0.960. The van der Waals surface area contributed by atoms with Crippen LogP contribution in [0.4, 0.5) is 0 Å². The Balaban J connectivity index is 1.84. The van der Waals surface area contributed by atoms with Crippen molar-refractivity contribution in [1.29, 1.82) is 0 Å². The van der Waals surface area contributed by atoms with E-state index in [-0.39, 0.29) is 11.9 Å². The first kappa shape index (κ1) is 15.3. The fourth-order valence-electron chi connectivity index (χ4n) is 2.55. The molecule has 1 unspecified atom stereocenters. The summed E-state index contributed by atoms with van der Waals surface area (Å²) >= 11 is 6.09. The van der Waals surface area contributed by atoms with E-state index in [2.05, 4.69) is 17.1 Å². The Hall–Kier alpha value is -1.06. The minimum Gasteiger partial charge on any atom is -0.351 e. The molecule has 0 aliphatic carbocycles. The molecule has 0 radical (unpaired) electrons. The van der Waals surface area contributed by atoms with Crippen LogP contribution in [0.1, 0.15) is 32.3 Å². The number of nitrogens with one attached hydrogen (secondary N) is 1. The van der Waals surface area contributed by atoms with E-state index in [1.165, 1.54) is 12.8 Å². The first-order chi connectivity index (χ1) is 9.58. The maximum Gasteiger partial charge on any atom is 0.237 e. The van der Waals surface area contributed by atoms with Crippen LogP contribution in [0.2, 0.25) is 5.02 Å². The van der Waals surface area contributed by atoms with E-state index in [9.17, 15) is 4.79 Å². The molecule has 3 nitrogen and oxygen atoms in total. The van der Waals surface area contributed by atoms with Crippen molar-refractivity contribution in [2.75, 3.05) is 13.1 Å². The summed E-state index contributed by atoms with van der Waals surface area (Å²) in [4.78, 5) is 14.5. The van der Waals surface area contributed by atoms with Gasteiger partial charge in [-0.1, -0.05) is 36.7 Å². The highest BCUT2D eigenvalue weighted by Gasteiger charge is 2.24. The largest absolute Gasteiger partial charge is 0.351 e. The highest BCUT2D eigenvalue weighted by molar-refractivity contribution is 6.31. The molecule has 1 saturated heterocycles. The van der Waals surface area contributed by atoms with Crippen LogP contribution < -0.4 is 5.32 Å². The third-order valence-corrected chi connectivity index (χ3v) is 4.53. The Labute approximate surface area is 126 Å². The van der Waals surface area contributed by atoms with Gasteiger partial charge in [0, 0.05) is 11.6 Å². The predicted octanol–water partition coefficient (Wildman–Crippen LogP) is 3.08. The van der Waals surface area contributed by atoms with Gasteiger partial charge in [0.2, 0.25) is 5.91 Å². The highest BCUT2D eigenvalue weighted by Crippen LogP contribution is 2.18. The average molecular weight is 295 g/mol. The Bertz CT molecular complexity index is 456. The summed E-state index contributed by atoms with van der Waals surface area (Å²) in [6.07, 6.45) is 2.37. The monoisotopic (exact) mass is 294 g/mol. The number of benzene rings is 1. The summed E-state index contributed by atoms with van der Waals surface area (Å²) in [7, 11) is 0. The lowest BCUT2D eigenvalue weighted by atomic mass is 9.98. The number of hydrogen-bond donors (Lipinski definition) is 1. The van der Waals surface area contributed by atoms with Crippen molar-refractivity contribution in [3.8, 4) is 0 Å². The van der Waals surface area contributed by atoms with E-state index >= 15 is 0 Å². The van der Waals surface area contributed by atoms with E-state index in [4.69, 9.17) is 11.6 Å². The molecule has 1 heterocycles. The number of amides is 1. The molecular formula is C16H23ClN2O. The van der Waals surface area contributed by atoms with Crippen LogP contribution in [0.5, 0.6) is 0 Å². The molecule has 2 rings (SSSR count). The summed E-state index contributed by atoms with van der Waals surface area (Å²) in [6.45, 7) is 6.79. The second kappa shape index (κ2) is 7.09. The molecule has 0 aromatic heterocycles. The molecule has 110 valence electrons. The maximum atomic E-state index is 12.2. The Kier molecular flexibility index (Phi) is 5.44. The number of hydrogen-bond acceptors (Lipinski definition) is 2. The zero-order chi connectivity index (χ0) is 14.5. The van der Waals surface area contributed by atoms with Crippen molar-refractivity contribution in [1.82, 2.24) is 10.2 Å². The molecule has 4 heteroatoms. The van der Waals surface area contributed by atoms with Crippen LogP contribution >= 0.6 is 11.6 Å². The fraction of sp³-hybridized carbons (Fsp3) is 0.562. The topological polar surface area (TPSA) is 32.3 Å². The van der Waals surface area contributed by atoms with Crippen molar-refractivity contribution in [3.63, 3.8) is 0 Å². The number of rotatable bonds is 4. The van der Waals surface area contributed by atoms with Gasteiger partial charge in [-0.15, -0.1) is 0 Å². The van der Waals surface area contributed by atoms with Crippen molar-refractivity contribution in [2.24, 2.45) is 5.92 Å². The zero-order valence-corrected chi connectivity index (χ0v) is 13.0. The lowest BCUT2D eigenvalue weighted by molar-refractivity contribution is -0.126. The van der Waals surface area contributed by atoms with Gasteiger partial charge in [0.1, 0.15) is 0 Å². The minimum atomic E-state index is -0.0648. The maximum absolute atomic E-state index is 12.2. The molecule has 1 aromatic carbocycles. The molecule has 1 atom stereocenters. The summed E-state index contributed by atoms with van der Waals surface area (Å²) in [6, 6.07) is 7.55. The van der Waals surface area contributed by atoms with Gasteiger partial charge in [-0.2, -0.15) is 0 Å². The Morgan fingerprint density at radius 1 is 1.40 bits per heavy atom. The number of carbonyl (C=O) groups excluding carboxylic acids is 1. The molecular weight excluding hydrogens is 272 g/mol. The van der Waals surface area contributed by atoms with Gasteiger partial charge in [0.25, 0.3) is 0 Å². The zero-order valence-electron chi connectivity index (χ0n) is 12.2. The third-order valence-electron chi connectivity index (χ3n) is 4.16. The molecule has 1 fully saturated rings. The highest BCUT2D eigenvalue weighted by atomic mass is 35.5. The summed E-state index contributed by atoms with van der Waals surface area (Å²) in [5.74, 6) is 0.865. The lowest BCUT2D eigenvalue weighted by Crippen LogP contribution is -2.47. The SMILES string of the molecule is CC1CCN(C(C)C(=O)NCc2ccccc2Cl)CC1. The van der Waals surface area contributed by atoms with E-state index in [1.807, 2.05) is 31.2 Å².